The van der Waals surface area contributed by atoms with Gasteiger partial charge in [-0.1, -0.05) is 5.11 Å². The summed E-state index contributed by atoms with van der Waals surface area (Å²) in [5.74, 6) is -1.06. The van der Waals surface area contributed by atoms with Gasteiger partial charge in [0.1, 0.15) is 5.82 Å². The number of halogens is 1. The molecule has 1 saturated carbocycles. The molecule has 7 heteroatoms. The molecule has 0 saturated heterocycles. The van der Waals surface area contributed by atoms with E-state index in [2.05, 4.69) is 10.0 Å². The molecular weight excluding hydrogens is 299 g/mol. The standard InChI is InChI=1S/C16H15FN4O2/c1-7-12-15(8(2)14(13(7)17)19-20-18)21(10-4-5-10)6-11(9(3)22)16(12)23/h6,10H,4-5H2,1-3H3. The lowest BCUT2D eigenvalue weighted by atomic mass is 9.99. The molecule has 3 rings (SSSR count). The molecule has 0 spiro atoms. The first-order chi connectivity index (χ1) is 10.9. The molecule has 0 atom stereocenters. The van der Waals surface area contributed by atoms with E-state index in [-0.39, 0.29) is 34.0 Å². The highest BCUT2D eigenvalue weighted by Gasteiger charge is 2.29. The molecule has 0 unspecified atom stereocenters. The maximum Gasteiger partial charge on any atom is 0.200 e. The molecule has 2 aromatic rings. The van der Waals surface area contributed by atoms with Crippen LogP contribution in [0.1, 0.15) is 47.3 Å². The van der Waals surface area contributed by atoms with Crippen molar-refractivity contribution >= 4 is 22.4 Å². The van der Waals surface area contributed by atoms with Crippen LogP contribution in [0.4, 0.5) is 10.1 Å². The van der Waals surface area contributed by atoms with Gasteiger partial charge in [-0.25, -0.2) is 4.39 Å². The minimum absolute atomic E-state index is 0.0582. The van der Waals surface area contributed by atoms with E-state index >= 15 is 0 Å². The van der Waals surface area contributed by atoms with E-state index < -0.39 is 11.2 Å². The van der Waals surface area contributed by atoms with Crippen molar-refractivity contribution in [1.29, 1.82) is 0 Å². The van der Waals surface area contributed by atoms with Gasteiger partial charge in [0.2, 0.25) is 5.43 Å². The van der Waals surface area contributed by atoms with Gasteiger partial charge in [-0.2, -0.15) is 0 Å². The summed E-state index contributed by atoms with van der Waals surface area (Å²) in [5, 5.41) is 3.64. The van der Waals surface area contributed by atoms with Crippen molar-refractivity contribution < 1.29 is 9.18 Å². The van der Waals surface area contributed by atoms with Gasteiger partial charge in [0.15, 0.2) is 5.78 Å². The van der Waals surface area contributed by atoms with Crippen LogP contribution in [0.25, 0.3) is 21.3 Å². The Morgan fingerprint density at radius 3 is 2.57 bits per heavy atom. The number of carbonyl (C=O) groups excluding carboxylic acids is 1. The maximum absolute atomic E-state index is 14.5. The normalized spacial score (nSPS) is 13.9. The van der Waals surface area contributed by atoms with Crippen LogP contribution in [-0.4, -0.2) is 10.4 Å². The fourth-order valence-electron chi connectivity index (χ4n) is 2.98. The summed E-state index contributed by atoms with van der Waals surface area (Å²) < 4.78 is 16.4. The number of aromatic nitrogens is 1. The van der Waals surface area contributed by atoms with Crippen LogP contribution in [-0.2, 0) is 0 Å². The lowest BCUT2D eigenvalue weighted by Gasteiger charge is -2.17. The van der Waals surface area contributed by atoms with Crippen LogP contribution >= 0.6 is 0 Å². The number of nitrogens with zero attached hydrogens (tertiary/aromatic N) is 4. The van der Waals surface area contributed by atoms with Crippen LogP contribution in [0.15, 0.2) is 16.1 Å². The average molecular weight is 314 g/mol. The number of aryl methyl sites for hydroxylation is 2. The number of azide groups is 1. The fraction of sp³-hybridized carbons (Fsp3) is 0.375. The van der Waals surface area contributed by atoms with Gasteiger partial charge in [-0.3, -0.25) is 9.59 Å². The number of Topliss-reactive ketones (excluding diaryl/α,β-unsaturated/α-hetero) is 1. The number of ketones is 1. The molecule has 1 aromatic heterocycles. The summed E-state index contributed by atoms with van der Waals surface area (Å²) >= 11 is 0. The molecule has 1 heterocycles. The lowest BCUT2D eigenvalue weighted by Crippen LogP contribution is -2.19. The number of rotatable bonds is 3. The highest BCUT2D eigenvalue weighted by Crippen LogP contribution is 2.40. The highest BCUT2D eigenvalue weighted by atomic mass is 19.1. The molecule has 0 aliphatic heterocycles. The van der Waals surface area contributed by atoms with Gasteiger partial charge < -0.3 is 4.57 Å². The third kappa shape index (κ3) is 2.21. The van der Waals surface area contributed by atoms with Gasteiger partial charge in [0.25, 0.3) is 0 Å². The summed E-state index contributed by atoms with van der Waals surface area (Å²) in [6.45, 7) is 4.42. The molecular formula is C16H15FN4O2. The Bertz CT molecular complexity index is 967. The molecule has 0 bridgehead atoms. The average Bonchev–Trinajstić information content (AvgIpc) is 3.33. The van der Waals surface area contributed by atoms with Crippen molar-refractivity contribution in [2.45, 2.75) is 39.7 Å². The largest absolute Gasteiger partial charge is 0.343 e. The molecule has 0 N–H and O–H groups in total. The van der Waals surface area contributed by atoms with Crippen LogP contribution < -0.4 is 5.43 Å². The lowest BCUT2D eigenvalue weighted by molar-refractivity contribution is 0.101. The predicted octanol–water partition coefficient (Wildman–Crippen LogP) is 4.24. The molecule has 1 fully saturated rings. The smallest absolute Gasteiger partial charge is 0.200 e. The number of fused-ring (bicyclic) bond motifs is 1. The Hall–Kier alpha value is -2.66. The number of hydrogen-bond donors (Lipinski definition) is 0. The first-order valence-corrected chi connectivity index (χ1v) is 7.32. The van der Waals surface area contributed by atoms with Crippen molar-refractivity contribution in [2.24, 2.45) is 5.11 Å². The Kier molecular flexibility index (Phi) is 3.45. The summed E-state index contributed by atoms with van der Waals surface area (Å²) in [7, 11) is 0. The number of hydrogen-bond acceptors (Lipinski definition) is 3. The Balaban J connectivity index is 2.60. The summed E-state index contributed by atoms with van der Waals surface area (Å²) in [5.41, 5.74) is 9.23. The first kappa shape index (κ1) is 15.2. The SMILES string of the molecule is CC(=O)c1cn(C2CC2)c2c(C)c(N=[N+]=[N-])c(F)c(C)c2c1=O. The monoisotopic (exact) mass is 314 g/mol. The van der Waals surface area contributed by atoms with E-state index in [9.17, 15) is 14.0 Å². The van der Waals surface area contributed by atoms with E-state index in [0.717, 1.165) is 12.8 Å². The predicted molar refractivity (Wildman–Crippen MR) is 84.7 cm³/mol. The molecule has 1 aromatic carbocycles. The van der Waals surface area contributed by atoms with E-state index in [1.807, 2.05) is 4.57 Å². The van der Waals surface area contributed by atoms with Crippen molar-refractivity contribution in [3.05, 3.63) is 49.4 Å². The van der Waals surface area contributed by atoms with Gasteiger partial charge in [0, 0.05) is 17.2 Å². The van der Waals surface area contributed by atoms with E-state index in [1.54, 1.807) is 13.1 Å². The van der Waals surface area contributed by atoms with Crippen molar-refractivity contribution in [1.82, 2.24) is 4.57 Å². The second-order valence-electron chi connectivity index (χ2n) is 5.89. The maximum atomic E-state index is 14.5. The minimum atomic E-state index is -0.715. The van der Waals surface area contributed by atoms with Crippen LogP contribution in [0.5, 0.6) is 0 Å². The van der Waals surface area contributed by atoms with E-state index in [1.165, 1.54) is 13.8 Å². The Morgan fingerprint density at radius 2 is 2.04 bits per heavy atom. The number of benzene rings is 1. The molecule has 1 aliphatic carbocycles. The zero-order valence-electron chi connectivity index (χ0n) is 13.1. The zero-order valence-corrected chi connectivity index (χ0v) is 13.1. The topological polar surface area (TPSA) is 87.8 Å². The van der Waals surface area contributed by atoms with Crippen LogP contribution in [0, 0.1) is 19.7 Å². The van der Waals surface area contributed by atoms with Crippen molar-refractivity contribution in [3.63, 3.8) is 0 Å². The second-order valence-corrected chi connectivity index (χ2v) is 5.89. The summed E-state index contributed by atoms with van der Waals surface area (Å²) in [4.78, 5) is 27.1. The van der Waals surface area contributed by atoms with Crippen molar-refractivity contribution in [3.8, 4) is 0 Å². The molecule has 6 nitrogen and oxygen atoms in total. The summed E-state index contributed by atoms with van der Waals surface area (Å²) in [6.07, 6.45) is 3.42. The van der Waals surface area contributed by atoms with Gasteiger partial charge >= 0.3 is 0 Å². The highest BCUT2D eigenvalue weighted by molar-refractivity contribution is 5.99. The third-order valence-corrected chi connectivity index (χ3v) is 4.32. The van der Waals surface area contributed by atoms with Crippen LogP contribution in [0.2, 0.25) is 0 Å². The van der Waals surface area contributed by atoms with E-state index in [0.29, 0.717) is 11.1 Å². The fourth-order valence-corrected chi connectivity index (χ4v) is 2.98. The molecule has 0 amide bonds. The molecule has 0 radical (unpaired) electrons. The Labute approximate surface area is 131 Å². The van der Waals surface area contributed by atoms with Gasteiger partial charge in [-0.05, 0) is 50.3 Å². The second kappa shape index (κ2) is 5.21. The van der Waals surface area contributed by atoms with Crippen LogP contribution in [0.3, 0.4) is 0 Å². The number of pyridine rings is 1. The van der Waals surface area contributed by atoms with E-state index in [4.69, 9.17) is 5.53 Å². The summed E-state index contributed by atoms with van der Waals surface area (Å²) in [6, 6.07) is 0.179. The molecule has 23 heavy (non-hydrogen) atoms. The van der Waals surface area contributed by atoms with Gasteiger partial charge in [0.05, 0.1) is 22.2 Å². The first-order valence-electron chi connectivity index (χ1n) is 7.32. The van der Waals surface area contributed by atoms with Gasteiger partial charge in [-0.15, -0.1) is 0 Å². The quantitative estimate of drug-likeness (QED) is 0.367. The molecule has 118 valence electrons. The third-order valence-electron chi connectivity index (χ3n) is 4.32. The van der Waals surface area contributed by atoms with Crippen molar-refractivity contribution in [2.75, 3.05) is 0 Å². The minimum Gasteiger partial charge on any atom is -0.343 e. The number of carbonyl (C=O) groups is 1. The molecule has 1 aliphatic rings. The zero-order chi connectivity index (χ0) is 16.9. The Morgan fingerprint density at radius 1 is 1.39 bits per heavy atom.